The Kier molecular flexibility index (Phi) is 6.15. The van der Waals surface area contributed by atoms with Crippen LogP contribution in [0.15, 0.2) is 24.5 Å². The minimum atomic E-state index is -0.486. The zero-order valence-electron chi connectivity index (χ0n) is 12.3. The molecule has 20 heavy (non-hydrogen) atoms. The highest BCUT2D eigenvalue weighted by Crippen LogP contribution is 2.07. The summed E-state index contributed by atoms with van der Waals surface area (Å²) in [4.78, 5) is 27.1. The Balaban J connectivity index is 2.14. The number of ether oxygens (including phenoxy) is 1. The van der Waals surface area contributed by atoms with E-state index in [1.165, 1.54) is 0 Å². The van der Waals surface area contributed by atoms with Crippen molar-refractivity contribution in [3.8, 4) is 0 Å². The maximum Gasteiger partial charge on any atom is 0.407 e. The molecule has 1 N–H and O–H groups in total. The van der Waals surface area contributed by atoms with Gasteiger partial charge >= 0.3 is 6.09 Å². The van der Waals surface area contributed by atoms with E-state index in [-0.39, 0.29) is 5.78 Å². The first-order valence-corrected chi connectivity index (χ1v) is 6.78. The summed E-state index contributed by atoms with van der Waals surface area (Å²) in [6, 6.07) is 3.51. The van der Waals surface area contributed by atoms with Gasteiger partial charge < -0.3 is 10.1 Å². The second kappa shape index (κ2) is 7.62. The number of nitrogens with zero attached hydrogens (tertiary/aromatic N) is 1. The Hall–Kier alpha value is -1.91. The molecule has 0 aliphatic rings. The van der Waals surface area contributed by atoms with Crippen molar-refractivity contribution in [2.45, 2.75) is 45.6 Å². The first-order chi connectivity index (χ1) is 9.38. The summed E-state index contributed by atoms with van der Waals surface area (Å²) in [5.41, 5.74) is 0.146. The second-order valence-corrected chi connectivity index (χ2v) is 5.55. The minimum Gasteiger partial charge on any atom is -0.444 e. The zero-order chi connectivity index (χ0) is 15.0. The second-order valence-electron chi connectivity index (χ2n) is 5.55. The van der Waals surface area contributed by atoms with E-state index in [1.807, 2.05) is 20.8 Å². The van der Waals surface area contributed by atoms with Gasteiger partial charge in [-0.15, -0.1) is 0 Å². The Bertz CT molecular complexity index is 438. The number of carbonyl (C=O) groups is 2. The van der Waals surface area contributed by atoms with Gasteiger partial charge in [0.15, 0.2) is 5.78 Å². The van der Waals surface area contributed by atoms with Crippen molar-refractivity contribution >= 4 is 11.9 Å². The highest BCUT2D eigenvalue weighted by molar-refractivity contribution is 5.95. The first kappa shape index (κ1) is 16.1. The van der Waals surface area contributed by atoms with Crippen LogP contribution in [0.4, 0.5) is 4.79 Å². The van der Waals surface area contributed by atoms with Crippen molar-refractivity contribution in [3.63, 3.8) is 0 Å². The number of carbonyl (C=O) groups excluding carboxylic acids is 2. The number of nitrogens with one attached hydrogen (secondary N) is 1. The van der Waals surface area contributed by atoms with Gasteiger partial charge in [0.2, 0.25) is 0 Å². The Morgan fingerprint density at radius 1 is 1.30 bits per heavy atom. The van der Waals surface area contributed by atoms with Crippen molar-refractivity contribution in [2.75, 3.05) is 6.54 Å². The largest absolute Gasteiger partial charge is 0.444 e. The molecule has 0 aliphatic heterocycles. The Labute approximate surface area is 119 Å². The summed E-state index contributed by atoms with van der Waals surface area (Å²) in [5, 5.41) is 2.67. The van der Waals surface area contributed by atoms with Gasteiger partial charge in [0.1, 0.15) is 5.60 Å². The van der Waals surface area contributed by atoms with Crippen LogP contribution in [0.1, 0.15) is 50.4 Å². The molecule has 0 fully saturated rings. The van der Waals surface area contributed by atoms with E-state index in [0.717, 1.165) is 12.8 Å². The van der Waals surface area contributed by atoms with E-state index in [4.69, 9.17) is 4.74 Å². The number of hydrogen-bond acceptors (Lipinski definition) is 4. The van der Waals surface area contributed by atoms with Crippen LogP contribution in [0.3, 0.4) is 0 Å². The lowest BCUT2D eigenvalue weighted by Crippen LogP contribution is -2.33. The number of aromatic nitrogens is 1. The molecule has 1 aromatic rings. The van der Waals surface area contributed by atoms with E-state index in [9.17, 15) is 9.59 Å². The van der Waals surface area contributed by atoms with Gasteiger partial charge in [-0.2, -0.15) is 0 Å². The molecule has 0 spiro atoms. The summed E-state index contributed by atoms with van der Waals surface area (Å²) < 4.78 is 5.11. The molecule has 1 aromatic heterocycles. The quantitative estimate of drug-likeness (QED) is 0.641. The normalized spacial score (nSPS) is 10.9. The average Bonchev–Trinajstić information content (AvgIpc) is 2.37. The third-order valence-electron chi connectivity index (χ3n) is 2.48. The van der Waals surface area contributed by atoms with Crippen molar-refractivity contribution in [1.29, 1.82) is 0 Å². The molecule has 1 amide bonds. The molecule has 0 radical (unpaired) electrons. The van der Waals surface area contributed by atoms with Crippen molar-refractivity contribution < 1.29 is 14.3 Å². The highest BCUT2D eigenvalue weighted by atomic mass is 16.6. The fraction of sp³-hybridized carbons (Fsp3) is 0.533. The molecule has 1 rings (SSSR count). The molecule has 5 heteroatoms. The summed E-state index contributed by atoms with van der Waals surface area (Å²) >= 11 is 0. The lowest BCUT2D eigenvalue weighted by molar-refractivity contribution is 0.0527. The fourth-order valence-corrected chi connectivity index (χ4v) is 1.59. The first-order valence-electron chi connectivity index (χ1n) is 6.78. The third-order valence-corrected chi connectivity index (χ3v) is 2.48. The van der Waals surface area contributed by atoms with Crippen molar-refractivity contribution in [3.05, 3.63) is 30.1 Å². The number of alkyl carbamates (subject to hydrolysis) is 1. The Morgan fingerprint density at radius 2 is 2.05 bits per heavy atom. The van der Waals surface area contributed by atoms with E-state index in [2.05, 4.69) is 10.3 Å². The van der Waals surface area contributed by atoms with Gasteiger partial charge in [0.25, 0.3) is 0 Å². The molecule has 0 saturated carbocycles. The molecule has 0 atom stereocenters. The summed E-state index contributed by atoms with van der Waals surface area (Å²) in [6.07, 6.45) is 4.72. The van der Waals surface area contributed by atoms with Gasteiger partial charge in [-0.3, -0.25) is 9.78 Å². The molecule has 1 heterocycles. The molecule has 0 bridgehead atoms. The summed E-state index contributed by atoms with van der Waals surface area (Å²) in [7, 11) is 0. The van der Waals surface area contributed by atoms with Crippen LogP contribution in [0, 0.1) is 0 Å². The smallest absolute Gasteiger partial charge is 0.407 e. The van der Waals surface area contributed by atoms with Crippen molar-refractivity contribution in [2.24, 2.45) is 0 Å². The standard InChI is InChI=1S/C15H22N2O3/c1-15(2,3)20-14(19)17-10-5-4-8-13(18)12-7-6-9-16-11-12/h6-7,9,11H,4-5,8,10H2,1-3H3,(H,17,19). The number of pyridine rings is 1. The molecule has 110 valence electrons. The molecule has 0 unspecified atom stereocenters. The van der Waals surface area contributed by atoms with Crippen molar-refractivity contribution in [1.82, 2.24) is 10.3 Å². The lowest BCUT2D eigenvalue weighted by Gasteiger charge is -2.19. The van der Waals surface area contributed by atoms with Crippen LogP contribution < -0.4 is 5.32 Å². The van der Waals surface area contributed by atoms with E-state index in [0.29, 0.717) is 18.5 Å². The molecular weight excluding hydrogens is 256 g/mol. The van der Waals surface area contributed by atoms with Crippen LogP contribution >= 0.6 is 0 Å². The monoisotopic (exact) mass is 278 g/mol. The summed E-state index contributed by atoms with van der Waals surface area (Å²) in [5.74, 6) is 0.0790. The Morgan fingerprint density at radius 3 is 2.65 bits per heavy atom. The van der Waals surface area contributed by atoms with Crippen LogP contribution in [-0.2, 0) is 4.74 Å². The maximum absolute atomic E-state index is 11.8. The van der Waals surface area contributed by atoms with Crippen LogP contribution in [0.5, 0.6) is 0 Å². The van der Waals surface area contributed by atoms with Gasteiger partial charge in [0, 0.05) is 30.9 Å². The maximum atomic E-state index is 11.8. The van der Waals surface area contributed by atoms with Crippen LogP contribution in [0.2, 0.25) is 0 Å². The third kappa shape index (κ3) is 6.87. The number of ketones is 1. The highest BCUT2D eigenvalue weighted by Gasteiger charge is 2.15. The van der Waals surface area contributed by atoms with E-state index >= 15 is 0 Å². The average molecular weight is 278 g/mol. The fourth-order valence-electron chi connectivity index (χ4n) is 1.59. The van der Waals surface area contributed by atoms with Gasteiger partial charge in [-0.1, -0.05) is 0 Å². The SMILES string of the molecule is CC(C)(C)OC(=O)NCCCCC(=O)c1cccnc1. The minimum absolute atomic E-state index is 0.0790. The molecule has 0 aliphatic carbocycles. The molecule has 5 nitrogen and oxygen atoms in total. The van der Waals surface area contributed by atoms with Gasteiger partial charge in [-0.25, -0.2) is 4.79 Å². The predicted molar refractivity (Wildman–Crippen MR) is 76.7 cm³/mol. The van der Waals surface area contributed by atoms with Crippen LogP contribution in [-0.4, -0.2) is 29.0 Å². The number of unbranched alkanes of at least 4 members (excludes halogenated alkanes) is 1. The van der Waals surface area contributed by atoms with Gasteiger partial charge in [-0.05, 0) is 45.7 Å². The van der Waals surface area contributed by atoms with E-state index < -0.39 is 11.7 Å². The van der Waals surface area contributed by atoms with Gasteiger partial charge in [0.05, 0.1) is 0 Å². The zero-order valence-corrected chi connectivity index (χ0v) is 12.3. The number of amides is 1. The predicted octanol–water partition coefficient (Wildman–Crippen LogP) is 2.96. The van der Waals surface area contributed by atoms with E-state index in [1.54, 1.807) is 24.5 Å². The van der Waals surface area contributed by atoms with Crippen LogP contribution in [0.25, 0.3) is 0 Å². The topological polar surface area (TPSA) is 68.3 Å². The lowest BCUT2D eigenvalue weighted by atomic mass is 10.1. The molecular formula is C15H22N2O3. The number of hydrogen-bond donors (Lipinski definition) is 1. The summed E-state index contributed by atoms with van der Waals surface area (Å²) in [6.45, 7) is 5.96. The molecule has 0 aromatic carbocycles. The number of Topliss-reactive ketones (excluding diaryl/α,β-unsaturated/α-hetero) is 1. The number of rotatable bonds is 6. The molecule has 0 saturated heterocycles.